The molecule has 1 aliphatic heterocycles. The van der Waals surface area contributed by atoms with Crippen molar-refractivity contribution in [3.05, 3.63) is 0 Å². The van der Waals surface area contributed by atoms with E-state index in [1.807, 2.05) is 4.90 Å². The lowest BCUT2D eigenvalue weighted by molar-refractivity contribution is -0.131. The SMILES string of the molecule is CC(C)CN1C(=O)C(C(C)C)NC1C. The van der Waals surface area contributed by atoms with Crippen LogP contribution < -0.4 is 5.32 Å². The first-order valence-electron chi connectivity index (χ1n) is 5.50. The largest absolute Gasteiger partial charge is 0.326 e. The Hall–Kier alpha value is -0.570. The van der Waals surface area contributed by atoms with Gasteiger partial charge in [0.05, 0.1) is 12.2 Å². The smallest absolute Gasteiger partial charge is 0.241 e. The van der Waals surface area contributed by atoms with Gasteiger partial charge in [0.2, 0.25) is 5.91 Å². The van der Waals surface area contributed by atoms with Gasteiger partial charge in [0, 0.05) is 6.54 Å². The molecule has 1 aliphatic rings. The van der Waals surface area contributed by atoms with E-state index in [4.69, 9.17) is 0 Å². The fourth-order valence-corrected chi connectivity index (χ4v) is 1.91. The van der Waals surface area contributed by atoms with Gasteiger partial charge in [-0.05, 0) is 18.8 Å². The van der Waals surface area contributed by atoms with Gasteiger partial charge in [-0.1, -0.05) is 27.7 Å². The van der Waals surface area contributed by atoms with Gasteiger partial charge in [0.25, 0.3) is 0 Å². The fourth-order valence-electron chi connectivity index (χ4n) is 1.91. The van der Waals surface area contributed by atoms with Crippen LogP contribution in [0.25, 0.3) is 0 Å². The number of nitrogens with zero attached hydrogens (tertiary/aromatic N) is 1. The minimum atomic E-state index is 0.0174. The second-order valence-electron chi connectivity index (χ2n) is 4.95. The van der Waals surface area contributed by atoms with Gasteiger partial charge in [0.1, 0.15) is 0 Å². The maximum Gasteiger partial charge on any atom is 0.241 e. The summed E-state index contributed by atoms with van der Waals surface area (Å²) < 4.78 is 0. The van der Waals surface area contributed by atoms with E-state index < -0.39 is 0 Å². The van der Waals surface area contributed by atoms with Crippen molar-refractivity contribution in [2.45, 2.75) is 46.8 Å². The highest BCUT2D eigenvalue weighted by molar-refractivity contribution is 5.84. The highest BCUT2D eigenvalue weighted by Crippen LogP contribution is 2.17. The molecule has 0 spiro atoms. The molecule has 3 heteroatoms. The molecule has 2 unspecified atom stereocenters. The normalized spacial score (nSPS) is 28.2. The van der Waals surface area contributed by atoms with Crippen molar-refractivity contribution >= 4 is 5.91 Å². The van der Waals surface area contributed by atoms with Crippen LogP contribution >= 0.6 is 0 Å². The van der Waals surface area contributed by atoms with E-state index in [-0.39, 0.29) is 18.1 Å². The quantitative estimate of drug-likeness (QED) is 0.744. The van der Waals surface area contributed by atoms with Crippen LogP contribution in [0, 0.1) is 11.8 Å². The van der Waals surface area contributed by atoms with Crippen LogP contribution in [-0.4, -0.2) is 29.6 Å². The van der Waals surface area contributed by atoms with Gasteiger partial charge < -0.3 is 4.90 Å². The zero-order valence-corrected chi connectivity index (χ0v) is 9.87. The molecule has 1 fully saturated rings. The Kier molecular flexibility index (Phi) is 3.53. The van der Waals surface area contributed by atoms with Crippen LogP contribution in [-0.2, 0) is 4.79 Å². The molecule has 82 valence electrons. The van der Waals surface area contributed by atoms with Crippen molar-refractivity contribution in [3.8, 4) is 0 Å². The number of carbonyl (C=O) groups excluding carboxylic acids is 1. The lowest BCUT2D eigenvalue weighted by atomic mass is 10.0. The molecule has 0 aromatic heterocycles. The molecule has 2 atom stereocenters. The lowest BCUT2D eigenvalue weighted by Gasteiger charge is -2.22. The van der Waals surface area contributed by atoms with Gasteiger partial charge in [-0.2, -0.15) is 0 Å². The minimum Gasteiger partial charge on any atom is -0.326 e. The molecule has 3 nitrogen and oxygen atoms in total. The summed E-state index contributed by atoms with van der Waals surface area (Å²) in [6.07, 6.45) is 0.192. The summed E-state index contributed by atoms with van der Waals surface area (Å²) in [5.41, 5.74) is 0. The molecule has 0 aliphatic carbocycles. The molecule has 1 heterocycles. The van der Waals surface area contributed by atoms with Crippen LogP contribution in [0.4, 0.5) is 0 Å². The van der Waals surface area contributed by atoms with Crippen LogP contribution in [0.1, 0.15) is 34.6 Å². The van der Waals surface area contributed by atoms with Crippen LogP contribution in [0.2, 0.25) is 0 Å². The summed E-state index contributed by atoms with van der Waals surface area (Å²) in [4.78, 5) is 13.9. The standard InChI is InChI=1S/C11H22N2O/c1-7(2)6-13-9(5)12-10(8(3)4)11(13)14/h7-10,12H,6H2,1-5H3. The number of hydrogen-bond acceptors (Lipinski definition) is 2. The summed E-state index contributed by atoms with van der Waals surface area (Å²) >= 11 is 0. The van der Waals surface area contributed by atoms with Crippen LogP contribution in [0.15, 0.2) is 0 Å². The minimum absolute atomic E-state index is 0.0174. The van der Waals surface area contributed by atoms with E-state index in [1.165, 1.54) is 0 Å². The molecule has 1 rings (SSSR count). The number of carbonyl (C=O) groups is 1. The Labute approximate surface area is 86.9 Å². The third kappa shape index (κ3) is 2.27. The molecule has 0 radical (unpaired) electrons. The van der Waals surface area contributed by atoms with E-state index >= 15 is 0 Å². The predicted molar refractivity (Wildman–Crippen MR) is 57.8 cm³/mol. The van der Waals surface area contributed by atoms with Gasteiger partial charge in [-0.3, -0.25) is 10.1 Å². The van der Waals surface area contributed by atoms with E-state index in [1.54, 1.807) is 0 Å². The van der Waals surface area contributed by atoms with Gasteiger partial charge >= 0.3 is 0 Å². The molecular weight excluding hydrogens is 176 g/mol. The van der Waals surface area contributed by atoms with E-state index in [0.29, 0.717) is 11.8 Å². The fraction of sp³-hybridized carbons (Fsp3) is 0.909. The Morgan fingerprint density at radius 2 is 1.93 bits per heavy atom. The van der Waals surface area contributed by atoms with Crippen molar-refractivity contribution in [3.63, 3.8) is 0 Å². The Balaban J connectivity index is 2.65. The van der Waals surface area contributed by atoms with Crippen molar-refractivity contribution in [1.29, 1.82) is 0 Å². The van der Waals surface area contributed by atoms with Crippen LogP contribution in [0.5, 0.6) is 0 Å². The average molecular weight is 198 g/mol. The number of rotatable bonds is 3. The second kappa shape index (κ2) is 4.30. The Morgan fingerprint density at radius 3 is 2.29 bits per heavy atom. The van der Waals surface area contributed by atoms with Crippen molar-refractivity contribution in [2.75, 3.05) is 6.54 Å². The van der Waals surface area contributed by atoms with Crippen molar-refractivity contribution in [2.24, 2.45) is 11.8 Å². The first-order chi connectivity index (χ1) is 6.43. The molecule has 1 amide bonds. The summed E-state index contributed by atoms with van der Waals surface area (Å²) in [6.45, 7) is 11.4. The summed E-state index contributed by atoms with van der Waals surface area (Å²) in [5.74, 6) is 1.18. The number of hydrogen-bond donors (Lipinski definition) is 1. The van der Waals surface area contributed by atoms with E-state index in [0.717, 1.165) is 6.54 Å². The lowest BCUT2D eigenvalue weighted by Crippen LogP contribution is -2.37. The predicted octanol–water partition coefficient (Wildman–Crippen LogP) is 1.44. The highest BCUT2D eigenvalue weighted by atomic mass is 16.2. The average Bonchev–Trinajstić information content (AvgIpc) is 2.31. The molecule has 0 aromatic carbocycles. The Bertz CT molecular complexity index is 213. The third-order valence-electron chi connectivity index (χ3n) is 2.67. The molecule has 0 aromatic rings. The molecule has 0 bridgehead atoms. The van der Waals surface area contributed by atoms with Crippen molar-refractivity contribution < 1.29 is 4.79 Å². The topological polar surface area (TPSA) is 32.3 Å². The number of amides is 1. The van der Waals surface area contributed by atoms with Crippen molar-refractivity contribution in [1.82, 2.24) is 10.2 Å². The van der Waals surface area contributed by atoms with Crippen LogP contribution in [0.3, 0.4) is 0 Å². The zero-order valence-electron chi connectivity index (χ0n) is 9.87. The molecule has 14 heavy (non-hydrogen) atoms. The summed E-state index contributed by atoms with van der Waals surface area (Å²) in [6, 6.07) is 0.0174. The first kappa shape index (κ1) is 11.5. The van der Waals surface area contributed by atoms with Gasteiger partial charge in [-0.15, -0.1) is 0 Å². The summed E-state index contributed by atoms with van der Waals surface area (Å²) in [7, 11) is 0. The molecule has 1 saturated heterocycles. The maximum atomic E-state index is 12.0. The third-order valence-corrected chi connectivity index (χ3v) is 2.67. The van der Waals surface area contributed by atoms with E-state index in [2.05, 4.69) is 39.9 Å². The zero-order chi connectivity index (χ0) is 10.9. The molecular formula is C11H22N2O. The molecule has 0 saturated carbocycles. The van der Waals surface area contributed by atoms with E-state index in [9.17, 15) is 4.79 Å². The number of nitrogens with one attached hydrogen (secondary N) is 1. The highest BCUT2D eigenvalue weighted by Gasteiger charge is 2.37. The Morgan fingerprint density at radius 1 is 1.36 bits per heavy atom. The monoisotopic (exact) mass is 198 g/mol. The van der Waals surface area contributed by atoms with Gasteiger partial charge in [-0.25, -0.2) is 0 Å². The first-order valence-corrected chi connectivity index (χ1v) is 5.50. The summed E-state index contributed by atoms with van der Waals surface area (Å²) in [5, 5.41) is 3.33. The second-order valence-corrected chi connectivity index (χ2v) is 4.95. The van der Waals surface area contributed by atoms with Gasteiger partial charge in [0.15, 0.2) is 0 Å². The maximum absolute atomic E-state index is 12.0. The molecule has 1 N–H and O–H groups in total.